The van der Waals surface area contributed by atoms with Gasteiger partial charge in [-0.3, -0.25) is 9.59 Å². The van der Waals surface area contributed by atoms with Gasteiger partial charge in [0, 0.05) is 26.4 Å². The summed E-state index contributed by atoms with van der Waals surface area (Å²) < 4.78 is 5.27. The first-order valence-electron chi connectivity index (χ1n) is 7.28. The lowest BCUT2D eigenvalue weighted by Crippen LogP contribution is -2.34. The molecule has 1 aromatic carbocycles. The van der Waals surface area contributed by atoms with Crippen LogP contribution in [0.15, 0.2) is 24.3 Å². The van der Waals surface area contributed by atoms with E-state index >= 15 is 0 Å². The molecule has 5 nitrogen and oxygen atoms in total. The summed E-state index contributed by atoms with van der Waals surface area (Å²) in [5.74, 6) is 0.476. The molecule has 21 heavy (non-hydrogen) atoms. The van der Waals surface area contributed by atoms with Gasteiger partial charge in [0.2, 0.25) is 11.8 Å². The molecule has 0 radical (unpaired) electrons. The standard InChI is InChI=1S/C16H24N2O3/c1-4-5-11-17-16(20)10-12-18(13(2)19)14-8-6-7-9-15(14)21-3/h6-9H,4-5,10-12H2,1-3H3,(H,17,20). The molecule has 1 N–H and O–H groups in total. The normalized spacial score (nSPS) is 10.0. The summed E-state index contributed by atoms with van der Waals surface area (Å²) in [7, 11) is 1.56. The van der Waals surface area contributed by atoms with Crippen LogP contribution < -0.4 is 15.0 Å². The number of benzene rings is 1. The highest BCUT2D eigenvalue weighted by atomic mass is 16.5. The molecule has 0 bridgehead atoms. The van der Waals surface area contributed by atoms with Gasteiger partial charge in [-0.1, -0.05) is 25.5 Å². The first-order valence-corrected chi connectivity index (χ1v) is 7.28. The zero-order chi connectivity index (χ0) is 15.7. The maximum Gasteiger partial charge on any atom is 0.223 e. The van der Waals surface area contributed by atoms with Crippen LogP contribution in [0.25, 0.3) is 0 Å². The van der Waals surface area contributed by atoms with Crippen LogP contribution in [0.3, 0.4) is 0 Å². The molecule has 1 rings (SSSR count). The van der Waals surface area contributed by atoms with Crippen LogP contribution >= 0.6 is 0 Å². The third-order valence-corrected chi connectivity index (χ3v) is 3.17. The van der Waals surface area contributed by atoms with Crippen molar-refractivity contribution in [3.63, 3.8) is 0 Å². The number of rotatable bonds is 8. The van der Waals surface area contributed by atoms with Gasteiger partial charge in [-0.2, -0.15) is 0 Å². The number of nitrogens with zero attached hydrogens (tertiary/aromatic N) is 1. The number of methoxy groups -OCH3 is 1. The Morgan fingerprint density at radius 3 is 2.62 bits per heavy atom. The molecule has 0 saturated heterocycles. The third-order valence-electron chi connectivity index (χ3n) is 3.17. The number of unbranched alkanes of at least 4 members (excludes halogenated alkanes) is 1. The Kier molecular flexibility index (Phi) is 7.29. The number of para-hydroxylation sites is 2. The van der Waals surface area contributed by atoms with Crippen molar-refractivity contribution in [3.05, 3.63) is 24.3 Å². The molecular weight excluding hydrogens is 268 g/mol. The summed E-state index contributed by atoms with van der Waals surface area (Å²) in [5.41, 5.74) is 0.689. The molecule has 0 aliphatic rings. The maximum absolute atomic E-state index is 11.8. The number of nitrogens with one attached hydrogen (secondary N) is 1. The van der Waals surface area contributed by atoms with E-state index in [0.29, 0.717) is 24.5 Å². The van der Waals surface area contributed by atoms with Gasteiger partial charge in [-0.05, 0) is 18.6 Å². The highest BCUT2D eigenvalue weighted by Gasteiger charge is 2.16. The number of hydrogen-bond donors (Lipinski definition) is 1. The summed E-state index contributed by atoms with van der Waals surface area (Å²) in [6, 6.07) is 7.30. The van der Waals surface area contributed by atoms with Crippen molar-refractivity contribution in [3.8, 4) is 5.75 Å². The van der Waals surface area contributed by atoms with E-state index in [2.05, 4.69) is 12.2 Å². The summed E-state index contributed by atoms with van der Waals surface area (Å²) in [6.07, 6.45) is 2.29. The summed E-state index contributed by atoms with van der Waals surface area (Å²) in [4.78, 5) is 25.1. The van der Waals surface area contributed by atoms with Gasteiger partial charge >= 0.3 is 0 Å². The van der Waals surface area contributed by atoms with Crippen molar-refractivity contribution >= 4 is 17.5 Å². The van der Waals surface area contributed by atoms with E-state index in [1.165, 1.54) is 6.92 Å². The molecule has 116 valence electrons. The van der Waals surface area contributed by atoms with Gasteiger partial charge in [0.1, 0.15) is 5.75 Å². The lowest BCUT2D eigenvalue weighted by Gasteiger charge is -2.23. The molecular formula is C16H24N2O3. The first-order chi connectivity index (χ1) is 10.1. The van der Waals surface area contributed by atoms with Crippen molar-refractivity contribution in [1.29, 1.82) is 0 Å². The van der Waals surface area contributed by atoms with Crippen molar-refractivity contribution in [2.75, 3.05) is 25.1 Å². The minimum Gasteiger partial charge on any atom is -0.495 e. The molecule has 0 aliphatic carbocycles. The van der Waals surface area contributed by atoms with Gasteiger partial charge in [-0.15, -0.1) is 0 Å². The zero-order valence-corrected chi connectivity index (χ0v) is 13.0. The van der Waals surface area contributed by atoms with Crippen molar-refractivity contribution in [2.24, 2.45) is 0 Å². The molecule has 0 heterocycles. The van der Waals surface area contributed by atoms with Crippen LogP contribution in [0, 0.1) is 0 Å². The Morgan fingerprint density at radius 1 is 1.29 bits per heavy atom. The SMILES string of the molecule is CCCCNC(=O)CCN(C(C)=O)c1ccccc1OC. The fraction of sp³-hybridized carbons (Fsp3) is 0.500. The van der Waals surface area contributed by atoms with Crippen LogP contribution in [-0.4, -0.2) is 32.0 Å². The van der Waals surface area contributed by atoms with E-state index in [0.717, 1.165) is 12.8 Å². The Morgan fingerprint density at radius 2 is 2.00 bits per heavy atom. The van der Waals surface area contributed by atoms with Gasteiger partial charge in [0.05, 0.1) is 12.8 Å². The quantitative estimate of drug-likeness (QED) is 0.748. The smallest absolute Gasteiger partial charge is 0.223 e. The summed E-state index contributed by atoms with van der Waals surface area (Å²) in [6.45, 7) is 4.59. The molecule has 0 aliphatic heterocycles. The minimum absolute atomic E-state index is 0.0374. The number of hydrogen-bond acceptors (Lipinski definition) is 3. The Hall–Kier alpha value is -2.04. The fourth-order valence-electron chi connectivity index (χ4n) is 2.01. The second-order valence-corrected chi connectivity index (χ2v) is 4.80. The number of anilines is 1. The van der Waals surface area contributed by atoms with Crippen molar-refractivity contribution in [2.45, 2.75) is 33.1 Å². The van der Waals surface area contributed by atoms with E-state index in [4.69, 9.17) is 4.74 Å². The Labute approximate surface area is 126 Å². The Bertz CT molecular complexity index is 474. The predicted octanol–water partition coefficient (Wildman–Crippen LogP) is 2.35. The predicted molar refractivity (Wildman–Crippen MR) is 83.6 cm³/mol. The highest BCUT2D eigenvalue weighted by Crippen LogP contribution is 2.27. The van der Waals surface area contributed by atoms with E-state index in [1.54, 1.807) is 18.1 Å². The summed E-state index contributed by atoms with van der Waals surface area (Å²) >= 11 is 0. The van der Waals surface area contributed by atoms with Crippen molar-refractivity contribution < 1.29 is 14.3 Å². The van der Waals surface area contributed by atoms with Crippen LogP contribution in [0.2, 0.25) is 0 Å². The largest absolute Gasteiger partial charge is 0.495 e. The molecule has 1 aromatic rings. The van der Waals surface area contributed by atoms with Crippen LogP contribution in [0.1, 0.15) is 33.1 Å². The first kappa shape index (κ1) is 17.0. The number of ether oxygens (including phenoxy) is 1. The fourth-order valence-corrected chi connectivity index (χ4v) is 2.01. The van der Waals surface area contributed by atoms with Gasteiger partial charge < -0.3 is 15.0 Å². The molecule has 0 fully saturated rings. The lowest BCUT2D eigenvalue weighted by molar-refractivity contribution is -0.121. The minimum atomic E-state index is -0.110. The van der Waals surface area contributed by atoms with E-state index in [-0.39, 0.29) is 18.2 Å². The van der Waals surface area contributed by atoms with Gasteiger partial charge in [-0.25, -0.2) is 0 Å². The molecule has 0 atom stereocenters. The third kappa shape index (κ3) is 5.45. The van der Waals surface area contributed by atoms with Gasteiger partial charge in [0.25, 0.3) is 0 Å². The molecule has 0 saturated carbocycles. The average molecular weight is 292 g/mol. The van der Waals surface area contributed by atoms with E-state index in [1.807, 2.05) is 18.2 Å². The Balaban J connectivity index is 2.66. The van der Waals surface area contributed by atoms with Crippen LogP contribution in [0.4, 0.5) is 5.69 Å². The van der Waals surface area contributed by atoms with Crippen LogP contribution in [0.5, 0.6) is 5.75 Å². The molecule has 0 aromatic heterocycles. The average Bonchev–Trinajstić information content (AvgIpc) is 2.48. The van der Waals surface area contributed by atoms with Crippen molar-refractivity contribution in [1.82, 2.24) is 5.32 Å². The number of carbonyl (C=O) groups is 2. The van der Waals surface area contributed by atoms with Gasteiger partial charge in [0.15, 0.2) is 0 Å². The topological polar surface area (TPSA) is 58.6 Å². The monoisotopic (exact) mass is 292 g/mol. The molecule has 0 spiro atoms. The number of carbonyl (C=O) groups excluding carboxylic acids is 2. The second kappa shape index (κ2) is 9.00. The van der Waals surface area contributed by atoms with E-state index < -0.39 is 0 Å². The molecule has 2 amide bonds. The zero-order valence-electron chi connectivity index (χ0n) is 13.0. The van der Waals surface area contributed by atoms with E-state index in [9.17, 15) is 9.59 Å². The molecule has 5 heteroatoms. The highest BCUT2D eigenvalue weighted by molar-refractivity contribution is 5.93. The second-order valence-electron chi connectivity index (χ2n) is 4.80. The number of amides is 2. The molecule has 0 unspecified atom stereocenters. The van der Waals surface area contributed by atoms with Crippen LogP contribution in [-0.2, 0) is 9.59 Å². The lowest BCUT2D eigenvalue weighted by atomic mass is 10.2. The summed E-state index contributed by atoms with van der Waals surface area (Å²) in [5, 5.41) is 2.85. The maximum atomic E-state index is 11.8.